The molecule has 2 rings (SSSR count). The predicted octanol–water partition coefficient (Wildman–Crippen LogP) is 3.30. The minimum atomic E-state index is 0.302. The van der Waals surface area contributed by atoms with Gasteiger partial charge in [0.05, 0.1) is 14.2 Å². The van der Waals surface area contributed by atoms with Crippen molar-refractivity contribution in [2.75, 3.05) is 34.9 Å². The fourth-order valence-electron chi connectivity index (χ4n) is 2.71. The van der Waals surface area contributed by atoms with Crippen LogP contribution in [0.25, 0.3) is 0 Å². The highest BCUT2D eigenvalue weighted by Crippen LogP contribution is 2.31. The Balaban J connectivity index is 2.22. The Bertz CT molecular complexity index is 651. The molecule has 0 atom stereocenters. The first-order chi connectivity index (χ1) is 11.5. The van der Waals surface area contributed by atoms with Crippen LogP contribution < -0.4 is 9.47 Å². The van der Waals surface area contributed by atoms with Crippen LogP contribution in [-0.4, -0.2) is 44.9 Å². The summed E-state index contributed by atoms with van der Waals surface area (Å²) in [6.45, 7) is 0.988. The molecule has 0 fully saturated rings. The van der Waals surface area contributed by atoms with Gasteiger partial charge in [-0.2, -0.15) is 0 Å². The molecule has 0 aliphatic carbocycles. The molecular formula is C20H27NO3. The second kappa shape index (κ2) is 8.60. The summed E-state index contributed by atoms with van der Waals surface area (Å²) in [5, 5.41) is 9.40. The fourth-order valence-corrected chi connectivity index (χ4v) is 2.71. The van der Waals surface area contributed by atoms with E-state index in [0.717, 1.165) is 37.3 Å². The van der Waals surface area contributed by atoms with Gasteiger partial charge in [-0.3, -0.25) is 0 Å². The molecule has 0 aromatic heterocycles. The first-order valence-electron chi connectivity index (χ1n) is 8.20. The number of benzene rings is 2. The first kappa shape index (κ1) is 18.1. The van der Waals surface area contributed by atoms with Crippen LogP contribution in [0.1, 0.15) is 16.7 Å². The van der Waals surface area contributed by atoms with Gasteiger partial charge in [0.1, 0.15) is 5.75 Å². The molecule has 0 amide bonds. The lowest BCUT2D eigenvalue weighted by molar-refractivity contribution is 0.353. The number of rotatable bonds is 8. The average Bonchev–Trinajstić information content (AvgIpc) is 2.59. The number of aryl methyl sites for hydroxylation is 2. The van der Waals surface area contributed by atoms with Gasteiger partial charge in [-0.15, -0.1) is 0 Å². The maximum atomic E-state index is 9.40. The van der Waals surface area contributed by atoms with Gasteiger partial charge < -0.3 is 19.5 Å². The predicted molar refractivity (Wildman–Crippen MR) is 97.3 cm³/mol. The number of methoxy groups -OCH3 is 2. The highest BCUT2D eigenvalue weighted by atomic mass is 16.5. The van der Waals surface area contributed by atoms with E-state index in [1.54, 1.807) is 26.4 Å². The van der Waals surface area contributed by atoms with Crippen LogP contribution in [0, 0.1) is 0 Å². The van der Waals surface area contributed by atoms with Crippen molar-refractivity contribution in [3.8, 4) is 17.2 Å². The average molecular weight is 329 g/mol. The molecule has 0 saturated carbocycles. The SMILES string of the molecule is COc1cc(CCc2ccc(O)cc2)c(CCN(C)C)cc1OC. The van der Waals surface area contributed by atoms with Crippen molar-refractivity contribution < 1.29 is 14.6 Å². The number of phenols is 1. The number of hydrogen-bond donors (Lipinski definition) is 1. The third-order valence-corrected chi connectivity index (χ3v) is 4.15. The summed E-state index contributed by atoms with van der Waals surface area (Å²) in [5.41, 5.74) is 3.78. The number of aromatic hydroxyl groups is 1. The lowest BCUT2D eigenvalue weighted by Gasteiger charge is -2.17. The smallest absolute Gasteiger partial charge is 0.161 e. The maximum Gasteiger partial charge on any atom is 0.161 e. The van der Waals surface area contributed by atoms with Gasteiger partial charge in [0.2, 0.25) is 0 Å². The van der Waals surface area contributed by atoms with E-state index in [-0.39, 0.29) is 0 Å². The summed E-state index contributed by atoms with van der Waals surface area (Å²) in [6.07, 6.45) is 2.82. The van der Waals surface area contributed by atoms with Crippen LogP contribution in [0.4, 0.5) is 0 Å². The van der Waals surface area contributed by atoms with E-state index >= 15 is 0 Å². The first-order valence-corrected chi connectivity index (χ1v) is 8.20. The van der Waals surface area contributed by atoms with Crippen LogP contribution in [0.5, 0.6) is 17.2 Å². The Morgan fingerprint density at radius 2 is 1.38 bits per heavy atom. The molecule has 24 heavy (non-hydrogen) atoms. The van der Waals surface area contributed by atoms with Crippen LogP contribution >= 0.6 is 0 Å². The number of likely N-dealkylation sites (N-methyl/N-ethyl adjacent to an activating group) is 1. The molecular weight excluding hydrogens is 302 g/mol. The van der Waals surface area contributed by atoms with Crippen molar-refractivity contribution in [3.05, 3.63) is 53.1 Å². The molecule has 0 spiro atoms. The van der Waals surface area contributed by atoms with E-state index in [2.05, 4.69) is 31.1 Å². The Morgan fingerprint density at radius 3 is 1.88 bits per heavy atom. The Kier molecular flexibility index (Phi) is 6.50. The molecule has 4 nitrogen and oxygen atoms in total. The third-order valence-electron chi connectivity index (χ3n) is 4.15. The zero-order chi connectivity index (χ0) is 17.5. The van der Waals surface area contributed by atoms with E-state index in [0.29, 0.717) is 5.75 Å². The van der Waals surface area contributed by atoms with Crippen molar-refractivity contribution in [1.82, 2.24) is 4.90 Å². The molecule has 1 N–H and O–H groups in total. The molecule has 2 aromatic rings. The maximum absolute atomic E-state index is 9.40. The van der Waals surface area contributed by atoms with Crippen LogP contribution in [0.2, 0.25) is 0 Å². The van der Waals surface area contributed by atoms with Crippen LogP contribution in [-0.2, 0) is 19.3 Å². The van der Waals surface area contributed by atoms with Gasteiger partial charge in [-0.05, 0) is 74.3 Å². The second-order valence-corrected chi connectivity index (χ2v) is 6.20. The fraction of sp³-hybridized carbons (Fsp3) is 0.400. The van der Waals surface area contributed by atoms with E-state index in [1.807, 2.05) is 12.1 Å². The summed E-state index contributed by atoms with van der Waals surface area (Å²) in [7, 11) is 7.50. The molecule has 0 aliphatic rings. The highest BCUT2D eigenvalue weighted by molar-refractivity contribution is 5.48. The van der Waals surface area contributed by atoms with Gasteiger partial charge in [0.15, 0.2) is 11.5 Å². The molecule has 0 radical (unpaired) electrons. The molecule has 0 aliphatic heterocycles. The monoisotopic (exact) mass is 329 g/mol. The standard InChI is InChI=1S/C20H27NO3/c1-21(2)12-11-17-14-20(24-4)19(23-3)13-16(17)8-5-15-6-9-18(22)10-7-15/h6-7,9-10,13-14,22H,5,8,11-12H2,1-4H3. The van der Waals surface area contributed by atoms with Crippen molar-refractivity contribution in [3.63, 3.8) is 0 Å². The van der Waals surface area contributed by atoms with Gasteiger partial charge in [0, 0.05) is 6.54 Å². The van der Waals surface area contributed by atoms with Crippen LogP contribution in [0.3, 0.4) is 0 Å². The number of hydrogen-bond acceptors (Lipinski definition) is 4. The number of nitrogens with zero attached hydrogens (tertiary/aromatic N) is 1. The molecule has 4 heteroatoms. The molecule has 0 heterocycles. The van der Waals surface area contributed by atoms with Crippen molar-refractivity contribution in [2.24, 2.45) is 0 Å². The minimum absolute atomic E-state index is 0.302. The van der Waals surface area contributed by atoms with Crippen LogP contribution in [0.15, 0.2) is 36.4 Å². The Labute approximate surface area is 144 Å². The summed E-state index contributed by atoms with van der Waals surface area (Å²) < 4.78 is 10.9. The van der Waals surface area contributed by atoms with E-state index in [1.165, 1.54) is 16.7 Å². The molecule has 0 saturated heterocycles. The normalized spacial score (nSPS) is 10.9. The quantitative estimate of drug-likeness (QED) is 0.807. The topological polar surface area (TPSA) is 41.9 Å². The Hall–Kier alpha value is -2.20. The molecule has 130 valence electrons. The van der Waals surface area contributed by atoms with Gasteiger partial charge in [-0.1, -0.05) is 12.1 Å². The highest BCUT2D eigenvalue weighted by Gasteiger charge is 2.12. The van der Waals surface area contributed by atoms with Gasteiger partial charge in [-0.25, -0.2) is 0 Å². The van der Waals surface area contributed by atoms with E-state index in [9.17, 15) is 5.11 Å². The van der Waals surface area contributed by atoms with E-state index < -0.39 is 0 Å². The third kappa shape index (κ3) is 4.90. The number of phenolic OH excluding ortho intramolecular Hbond substituents is 1. The molecule has 2 aromatic carbocycles. The van der Waals surface area contributed by atoms with Crippen molar-refractivity contribution in [2.45, 2.75) is 19.3 Å². The van der Waals surface area contributed by atoms with Crippen molar-refractivity contribution >= 4 is 0 Å². The second-order valence-electron chi connectivity index (χ2n) is 6.20. The Morgan fingerprint density at radius 1 is 0.833 bits per heavy atom. The summed E-state index contributed by atoms with van der Waals surface area (Å²) in [6, 6.07) is 11.6. The minimum Gasteiger partial charge on any atom is -0.508 e. The largest absolute Gasteiger partial charge is 0.508 e. The summed E-state index contributed by atoms with van der Waals surface area (Å²) >= 11 is 0. The lowest BCUT2D eigenvalue weighted by atomic mass is 9.97. The van der Waals surface area contributed by atoms with Gasteiger partial charge >= 0.3 is 0 Å². The molecule has 0 bridgehead atoms. The number of ether oxygens (including phenoxy) is 2. The molecule has 0 unspecified atom stereocenters. The zero-order valence-electron chi connectivity index (χ0n) is 15.0. The lowest BCUT2D eigenvalue weighted by Crippen LogP contribution is -2.16. The van der Waals surface area contributed by atoms with E-state index in [4.69, 9.17) is 9.47 Å². The zero-order valence-corrected chi connectivity index (χ0v) is 15.0. The van der Waals surface area contributed by atoms with Gasteiger partial charge in [0.25, 0.3) is 0 Å². The summed E-state index contributed by atoms with van der Waals surface area (Å²) in [4.78, 5) is 2.18. The van der Waals surface area contributed by atoms with Crippen molar-refractivity contribution in [1.29, 1.82) is 0 Å². The summed E-state index contributed by atoms with van der Waals surface area (Å²) in [5.74, 6) is 1.85.